The highest BCUT2D eigenvalue weighted by atomic mass is 35.5. The third-order valence-corrected chi connectivity index (χ3v) is 2.19. The van der Waals surface area contributed by atoms with Crippen LogP contribution in [0.3, 0.4) is 0 Å². The summed E-state index contributed by atoms with van der Waals surface area (Å²) in [7, 11) is 0. The van der Waals surface area contributed by atoms with Gasteiger partial charge in [-0.05, 0) is 18.9 Å². The second kappa shape index (κ2) is 3.46. The number of halogens is 1. The van der Waals surface area contributed by atoms with E-state index >= 15 is 0 Å². The molecule has 0 unspecified atom stereocenters. The summed E-state index contributed by atoms with van der Waals surface area (Å²) in [6.45, 7) is 0. The number of primary amides is 1. The van der Waals surface area contributed by atoms with Gasteiger partial charge < -0.3 is 10.5 Å². The van der Waals surface area contributed by atoms with E-state index in [1.54, 1.807) is 0 Å². The largest absolute Gasteiger partial charge is 0.487 e. The molecule has 1 aliphatic rings. The molecule has 0 saturated heterocycles. The normalized spacial score (nSPS) is 15.2. The van der Waals surface area contributed by atoms with Crippen molar-refractivity contribution in [3.63, 3.8) is 0 Å². The summed E-state index contributed by atoms with van der Waals surface area (Å²) < 4.78 is 5.44. The summed E-state index contributed by atoms with van der Waals surface area (Å²) >= 11 is 5.87. The number of rotatable bonds is 3. The van der Waals surface area contributed by atoms with Gasteiger partial charge >= 0.3 is 0 Å². The Balaban J connectivity index is 2.21. The van der Waals surface area contributed by atoms with Gasteiger partial charge in [-0.15, -0.1) is 0 Å². The Morgan fingerprint density at radius 1 is 1.64 bits per heavy atom. The summed E-state index contributed by atoms with van der Waals surface area (Å²) in [5, 5.41) is 0.376. The maximum atomic E-state index is 10.8. The molecule has 0 aliphatic heterocycles. The summed E-state index contributed by atoms with van der Waals surface area (Å²) in [4.78, 5) is 14.6. The number of nitrogens with zero attached hydrogens (tertiary/aromatic N) is 1. The van der Waals surface area contributed by atoms with Gasteiger partial charge in [0.25, 0.3) is 5.91 Å². The lowest BCUT2D eigenvalue weighted by atomic mass is 10.3. The molecule has 1 aromatic rings. The van der Waals surface area contributed by atoms with Crippen molar-refractivity contribution in [1.29, 1.82) is 0 Å². The molecule has 74 valence electrons. The third kappa shape index (κ3) is 1.96. The minimum absolute atomic E-state index is 0.151. The Labute approximate surface area is 86.0 Å². The number of hydrogen-bond donors (Lipinski definition) is 1. The van der Waals surface area contributed by atoms with Gasteiger partial charge in [0.1, 0.15) is 5.69 Å². The van der Waals surface area contributed by atoms with Gasteiger partial charge in [0.05, 0.1) is 17.3 Å². The van der Waals surface area contributed by atoms with Gasteiger partial charge in [0, 0.05) is 0 Å². The fourth-order valence-corrected chi connectivity index (χ4v) is 1.20. The fourth-order valence-electron chi connectivity index (χ4n) is 1.01. The van der Waals surface area contributed by atoms with E-state index < -0.39 is 5.91 Å². The molecule has 0 aromatic carbocycles. The van der Waals surface area contributed by atoms with E-state index in [-0.39, 0.29) is 11.8 Å². The number of amides is 1. The van der Waals surface area contributed by atoms with E-state index in [2.05, 4.69) is 4.98 Å². The molecule has 1 saturated carbocycles. The van der Waals surface area contributed by atoms with Gasteiger partial charge in [0.2, 0.25) is 0 Å². The number of ether oxygens (including phenoxy) is 1. The van der Waals surface area contributed by atoms with Crippen LogP contribution in [0.2, 0.25) is 5.02 Å². The fraction of sp³-hybridized carbons (Fsp3) is 0.333. The summed E-state index contributed by atoms with van der Waals surface area (Å²) in [5.74, 6) is -0.0796. The molecule has 1 amide bonds. The highest BCUT2D eigenvalue weighted by Crippen LogP contribution is 2.31. The van der Waals surface area contributed by atoms with Gasteiger partial charge in [-0.3, -0.25) is 4.79 Å². The van der Waals surface area contributed by atoms with E-state index in [0.717, 1.165) is 12.8 Å². The van der Waals surface area contributed by atoms with Crippen LogP contribution in [-0.4, -0.2) is 17.0 Å². The van der Waals surface area contributed by atoms with Gasteiger partial charge in [0.15, 0.2) is 5.75 Å². The lowest BCUT2D eigenvalue weighted by molar-refractivity contribution is 0.0995. The van der Waals surface area contributed by atoms with E-state index in [0.29, 0.717) is 10.8 Å². The Morgan fingerprint density at radius 3 is 2.86 bits per heavy atom. The molecular formula is C9H9ClN2O2. The van der Waals surface area contributed by atoms with Crippen LogP contribution in [0, 0.1) is 0 Å². The minimum Gasteiger partial charge on any atom is -0.487 e. The average Bonchev–Trinajstić information content (AvgIpc) is 2.92. The maximum Gasteiger partial charge on any atom is 0.267 e. The number of nitrogens with two attached hydrogens (primary N) is 1. The van der Waals surface area contributed by atoms with Gasteiger partial charge in [-0.25, -0.2) is 4.98 Å². The van der Waals surface area contributed by atoms with Crippen LogP contribution in [0.4, 0.5) is 0 Å². The molecule has 0 bridgehead atoms. The molecular weight excluding hydrogens is 204 g/mol. The third-order valence-electron chi connectivity index (χ3n) is 1.89. The molecule has 1 fully saturated rings. The number of carbonyl (C=O) groups is 1. The smallest absolute Gasteiger partial charge is 0.267 e. The van der Waals surface area contributed by atoms with Crippen molar-refractivity contribution in [1.82, 2.24) is 4.98 Å². The van der Waals surface area contributed by atoms with Crippen molar-refractivity contribution in [3.8, 4) is 5.75 Å². The molecule has 0 radical (unpaired) electrons. The van der Waals surface area contributed by atoms with E-state index in [1.807, 2.05) is 0 Å². The summed E-state index contributed by atoms with van der Waals surface area (Å²) in [6.07, 6.45) is 3.79. The Bertz CT molecular complexity index is 377. The monoisotopic (exact) mass is 212 g/mol. The van der Waals surface area contributed by atoms with E-state index in [4.69, 9.17) is 22.1 Å². The average molecular weight is 213 g/mol. The predicted molar refractivity (Wildman–Crippen MR) is 51.4 cm³/mol. The standard InChI is InChI=1S/C9H9ClN2O2/c10-6-3-7(9(11)13)12-4-8(6)14-5-1-2-5/h3-5H,1-2H2,(H2,11,13). The second-order valence-corrected chi connectivity index (χ2v) is 3.59. The van der Waals surface area contributed by atoms with Crippen LogP contribution in [0.1, 0.15) is 23.3 Å². The van der Waals surface area contributed by atoms with Crippen molar-refractivity contribution < 1.29 is 9.53 Å². The quantitative estimate of drug-likeness (QED) is 0.823. The number of pyridine rings is 1. The first-order valence-corrected chi connectivity index (χ1v) is 4.66. The summed E-state index contributed by atoms with van der Waals surface area (Å²) in [5.41, 5.74) is 5.20. The number of aromatic nitrogens is 1. The molecule has 14 heavy (non-hydrogen) atoms. The van der Waals surface area contributed by atoms with E-state index in [9.17, 15) is 4.79 Å². The highest BCUT2D eigenvalue weighted by molar-refractivity contribution is 6.32. The van der Waals surface area contributed by atoms with Crippen LogP contribution in [0.25, 0.3) is 0 Å². The van der Waals surface area contributed by atoms with Crippen molar-refractivity contribution in [2.45, 2.75) is 18.9 Å². The van der Waals surface area contributed by atoms with Gasteiger partial charge in [-0.1, -0.05) is 11.6 Å². The maximum absolute atomic E-state index is 10.8. The first-order valence-electron chi connectivity index (χ1n) is 4.29. The van der Waals surface area contributed by atoms with Crippen molar-refractivity contribution in [3.05, 3.63) is 23.0 Å². The molecule has 0 spiro atoms. The Kier molecular flexibility index (Phi) is 2.29. The summed E-state index contributed by atoms with van der Waals surface area (Å²) in [6, 6.07) is 1.42. The van der Waals surface area contributed by atoms with Crippen LogP contribution in [-0.2, 0) is 0 Å². The SMILES string of the molecule is NC(=O)c1cc(Cl)c(OC2CC2)cn1. The number of hydrogen-bond acceptors (Lipinski definition) is 3. The Hall–Kier alpha value is -1.29. The molecule has 2 N–H and O–H groups in total. The predicted octanol–water partition coefficient (Wildman–Crippen LogP) is 1.38. The van der Waals surface area contributed by atoms with Crippen molar-refractivity contribution in [2.24, 2.45) is 5.73 Å². The molecule has 1 aliphatic carbocycles. The van der Waals surface area contributed by atoms with Crippen LogP contribution in [0.5, 0.6) is 5.75 Å². The zero-order valence-corrected chi connectivity index (χ0v) is 8.12. The first-order chi connectivity index (χ1) is 6.66. The lowest BCUT2D eigenvalue weighted by Crippen LogP contribution is -2.13. The first kappa shape index (κ1) is 9.27. The van der Waals surface area contributed by atoms with Crippen molar-refractivity contribution in [2.75, 3.05) is 0 Å². The highest BCUT2D eigenvalue weighted by Gasteiger charge is 2.24. The zero-order chi connectivity index (χ0) is 10.1. The topological polar surface area (TPSA) is 65.2 Å². The molecule has 0 atom stereocenters. The molecule has 5 heteroatoms. The van der Waals surface area contributed by atoms with Crippen molar-refractivity contribution >= 4 is 17.5 Å². The van der Waals surface area contributed by atoms with E-state index in [1.165, 1.54) is 12.3 Å². The van der Waals surface area contributed by atoms with Crippen LogP contribution < -0.4 is 10.5 Å². The van der Waals surface area contributed by atoms with Gasteiger partial charge in [-0.2, -0.15) is 0 Å². The molecule has 1 heterocycles. The number of carbonyl (C=O) groups excluding carboxylic acids is 1. The lowest BCUT2D eigenvalue weighted by Gasteiger charge is -2.06. The molecule has 4 nitrogen and oxygen atoms in total. The van der Waals surface area contributed by atoms with Crippen LogP contribution in [0.15, 0.2) is 12.3 Å². The second-order valence-electron chi connectivity index (χ2n) is 3.18. The zero-order valence-electron chi connectivity index (χ0n) is 7.37. The Morgan fingerprint density at radius 2 is 2.36 bits per heavy atom. The minimum atomic E-state index is -0.593. The molecule has 1 aromatic heterocycles. The molecule has 2 rings (SSSR count). The van der Waals surface area contributed by atoms with Crippen LogP contribution >= 0.6 is 11.6 Å².